The summed E-state index contributed by atoms with van der Waals surface area (Å²) in [6.07, 6.45) is 0.989. The Morgan fingerprint density at radius 3 is 2.57 bits per heavy atom. The number of nitrogens with one attached hydrogen (secondary N) is 1. The van der Waals surface area contributed by atoms with Gasteiger partial charge in [0.2, 0.25) is 0 Å². The third-order valence-corrected chi connectivity index (χ3v) is 3.10. The Morgan fingerprint density at radius 1 is 1.29 bits per heavy atom. The first-order chi connectivity index (χ1) is 10.1. The highest BCUT2D eigenvalue weighted by molar-refractivity contribution is 5.80. The van der Waals surface area contributed by atoms with Crippen LogP contribution in [0, 0.1) is 0 Å². The van der Waals surface area contributed by atoms with Gasteiger partial charge in [-0.25, -0.2) is 0 Å². The fourth-order valence-electron chi connectivity index (χ4n) is 1.84. The van der Waals surface area contributed by atoms with E-state index in [9.17, 15) is 4.79 Å². The van der Waals surface area contributed by atoms with Crippen molar-refractivity contribution in [3.8, 4) is 5.75 Å². The summed E-state index contributed by atoms with van der Waals surface area (Å²) in [4.78, 5) is 11.9. The lowest BCUT2D eigenvalue weighted by molar-refractivity contribution is -0.127. The van der Waals surface area contributed by atoms with Gasteiger partial charge >= 0.3 is 0 Å². The number of amides is 1. The van der Waals surface area contributed by atoms with Crippen molar-refractivity contribution in [3.63, 3.8) is 0 Å². The first-order valence-corrected chi connectivity index (χ1v) is 6.88. The average Bonchev–Trinajstić information content (AvgIpc) is 2.98. The molecule has 1 unspecified atom stereocenters. The van der Waals surface area contributed by atoms with E-state index in [0.29, 0.717) is 18.1 Å². The molecule has 0 bridgehead atoms. The van der Waals surface area contributed by atoms with Crippen molar-refractivity contribution in [2.45, 2.75) is 32.5 Å². The van der Waals surface area contributed by atoms with Gasteiger partial charge < -0.3 is 20.2 Å². The third-order valence-electron chi connectivity index (χ3n) is 3.10. The van der Waals surface area contributed by atoms with Crippen molar-refractivity contribution in [1.82, 2.24) is 5.32 Å². The summed E-state index contributed by atoms with van der Waals surface area (Å²) in [5.74, 6) is 1.15. The summed E-state index contributed by atoms with van der Waals surface area (Å²) < 4.78 is 10.7. The molecule has 1 heterocycles. The van der Waals surface area contributed by atoms with Gasteiger partial charge in [-0.3, -0.25) is 4.79 Å². The third kappa shape index (κ3) is 4.36. The maximum Gasteiger partial charge on any atom is 0.261 e. The van der Waals surface area contributed by atoms with Crippen molar-refractivity contribution < 1.29 is 13.9 Å². The number of nitrogens with two attached hydrogens (primary N) is 1. The zero-order valence-electron chi connectivity index (χ0n) is 12.2. The molecule has 1 aromatic carbocycles. The van der Waals surface area contributed by atoms with Gasteiger partial charge in [-0.1, -0.05) is 12.1 Å². The fourth-order valence-corrected chi connectivity index (χ4v) is 1.84. The predicted molar refractivity (Wildman–Crippen MR) is 79.7 cm³/mol. The molecule has 5 nitrogen and oxygen atoms in total. The molecule has 5 heteroatoms. The minimum Gasteiger partial charge on any atom is -0.481 e. The highest BCUT2D eigenvalue weighted by Crippen LogP contribution is 2.17. The lowest BCUT2D eigenvalue weighted by atomic mass is 10.1. The first-order valence-electron chi connectivity index (χ1n) is 6.88. The Bertz CT molecular complexity index is 562. The highest BCUT2D eigenvalue weighted by Gasteiger charge is 2.14. The molecule has 3 N–H and O–H groups in total. The van der Waals surface area contributed by atoms with Gasteiger partial charge in [0.1, 0.15) is 11.5 Å². The number of benzene rings is 1. The first kappa shape index (κ1) is 15.1. The maximum absolute atomic E-state index is 11.9. The monoisotopic (exact) mass is 288 g/mol. The van der Waals surface area contributed by atoms with Crippen LogP contribution in [0.3, 0.4) is 0 Å². The van der Waals surface area contributed by atoms with Gasteiger partial charge in [-0.15, -0.1) is 0 Å². The zero-order valence-corrected chi connectivity index (χ0v) is 12.2. The molecular weight excluding hydrogens is 268 g/mol. The topological polar surface area (TPSA) is 77.5 Å². The molecule has 0 aliphatic carbocycles. The van der Waals surface area contributed by atoms with Crippen LogP contribution >= 0.6 is 0 Å². The summed E-state index contributed by atoms with van der Waals surface area (Å²) >= 11 is 0. The van der Waals surface area contributed by atoms with Gasteiger partial charge in [0.25, 0.3) is 5.91 Å². The van der Waals surface area contributed by atoms with Crippen molar-refractivity contribution in [1.29, 1.82) is 0 Å². The van der Waals surface area contributed by atoms with E-state index in [-0.39, 0.29) is 11.9 Å². The molecule has 0 spiro atoms. The van der Waals surface area contributed by atoms with E-state index in [2.05, 4.69) is 5.32 Å². The Hall–Kier alpha value is -2.27. The number of rotatable bonds is 6. The van der Waals surface area contributed by atoms with Gasteiger partial charge in [-0.05, 0) is 43.7 Å². The Kier molecular flexibility index (Phi) is 5.00. The smallest absolute Gasteiger partial charge is 0.261 e. The van der Waals surface area contributed by atoms with Crippen LogP contribution in [0.1, 0.15) is 31.2 Å². The van der Waals surface area contributed by atoms with Gasteiger partial charge in [0, 0.05) is 6.04 Å². The largest absolute Gasteiger partial charge is 0.481 e. The highest BCUT2D eigenvalue weighted by atomic mass is 16.5. The van der Waals surface area contributed by atoms with E-state index in [4.69, 9.17) is 14.9 Å². The Balaban J connectivity index is 1.85. The average molecular weight is 288 g/mol. The van der Waals surface area contributed by atoms with Gasteiger partial charge in [-0.2, -0.15) is 0 Å². The van der Waals surface area contributed by atoms with Crippen LogP contribution in [0.4, 0.5) is 0 Å². The molecule has 0 aliphatic rings. The van der Waals surface area contributed by atoms with Crippen molar-refractivity contribution in [3.05, 3.63) is 54.0 Å². The van der Waals surface area contributed by atoms with Crippen LogP contribution in [0.2, 0.25) is 0 Å². The minimum atomic E-state index is -0.582. The maximum atomic E-state index is 11.9. The van der Waals surface area contributed by atoms with Crippen LogP contribution in [0.15, 0.2) is 47.1 Å². The van der Waals surface area contributed by atoms with Crippen LogP contribution in [-0.2, 0) is 11.3 Å². The lowest BCUT2D eigenvalue weighted by Gasteiger charge is -2.15. The minimum absolute atomic E-state index is 0.0203. The van der Waals surface area contributed by atoms with E-state index in [0.717, 1.165) is 5.56 Å². The predicted octanol–water partition coefficient (Wildman–Crippen LogP) is 2.38. The van der Waals surface area contributed by atoms with Crippen LogP contribution < -0.4 is 15.8 Å². The number of carbonyl (C=O) groups excluding carboxylic acids is 1. The summed E-state index contributed by atoms with van der Waals surface area (Å²) in [6.45, 7) is 3.97. The molecule has 0 saturated carbocycles. The molecule has 2 atom stereocenters. The van der Waals surface area contributed by atoms with E-state index in [1.807, 2.05) is 31.2 Å². The van der Waals surface area contributed by atoms with Crippen molar-refractivity contribution in [2.24, 2.45) is 5.73 Å². The second-order valence-electron chi connectivity index (χ2n) is 4.91. The second kappa shape index (κ2) is 6.95. The molecule has 0 radical (unpaired) electrons. The Morgan fingerprint density at radius 2 is 2.00 bits per heavy atom. The molecular formula is C16H20N2O3. The van der Waals surface area contributed by atoms with Gasteiger partial charge in [0.05, 0.1) is 12.8 Å². The quantitative estimate of drug-likeness (QED) is 0.855. The van der Waals surface area contributed by atoms with E-state index in [1.54, 1.807) is 25.3 Å². The number of furan rings is 1. The second-order valence-corrected chi connectivity index (χ2v) is 4.91. The van der Waals surface area contributed by atoms with Crippen LogP contribution in [0.5, 0.6) is 5.75 Å². The van der Waals surface area contributed by atoms with E-state index >= 15 is 0 Å². The number of hydrogen-bond acceptors (Lipinski definition) is 4. The molecule has 0 saturated heterocycles. The van der Waals surface area contributed by atoms with Crippen molar-refractivity contribution in [2.75, 3.05) is 0 Å². The number of hydrogen-bond donors (Lipinski definition) is 2. The standard InChI is InChI=1S/C16H20N2O3/c1-11(17)13-5-7-14(8-6-13)21-12(2)16(19)18-10-15-4-3-9-20-15/h3-9,11-12H,10,17H2,1-2H3,(H,18,19)/t11-,12?/m1/s1. The summed E-state index contributed by atoms with van der Waals surface area (Å²) in [5, 5.41) is 2.76. The van der Waals surface area contributed by atoms with E-state index < -0.39 is 6.10 Å². The van der Waals surface area contributed by atoms with Gasteiger partial charge in [0.15, 0.2) is 6.10 Å². The molecule has 2 rings (SSSR count). The van der Waals surface area contributed by atoms with E-state index in [1.165, 1.54) is 0 Å². The van der Waals surface area contributed by atoms with Crippen molar-refractivity contribution >= 4 is 5.91 Å². The van der Waals surface area contributed by atoms with Crippen LogP contribution in [0.25, 0.3) is 0 Å². The summed E-state index contributed by atoms with van der Waals surface area (Å²) in [6, 6.07) is 11.0. The summed E-state index contributed by atoms with van der Waals surface area (Å²) in [5.41, 5.74) is 6.81. The summed E-state index contributed by atoms with van der Waals surface area (Å²) in [7, 11) is 0. The fraction of sp³-hybridized carbons (Fsp3) is 0.312. The molecule has 0 aliphatic heterocycles. The Labute approximate surface area is 124 Å². The molecule has 1 amide bonds. The molecule has 21 heavy (non-hydrogen) atoms. The number of ether oxygens (including phenoxy) is 1. The normalized spacial score (nSPS) is 13.5. The zero-order chi connectivity index (χ0) is 15.2. The van der Waals surface area contributed by atoms with Crippen LogP contribution in [-0.4, -0.2) is 12.0 Å². The molecule has 2 aromatic rings. The SMILES string of the molecule is CC(Oc1ccc([C@@H](C)N)cc1)C(=O)NCc1ccco1. The molecule has 1 aromatic heterocycles. The number of carbonyl (C=O) groups is 1. The lowest BCUT2D eigenvalue weighted by Crippen LogP contribution is -2.35. The molecule has 0 fully saturated rings. The molecule has 112 valence electrons.